The Labute approximate surface area is 111 Å². The number of H-pyrrole nitrogens is 1. The zero-order chi connectivity index (χ0) is 13.1. The topological polar surface area (TPSA) is 69.8 Å². The van der Waals surface area contributed by atoms with Crippen LogP contribution >= 0.6 is 0 Å². The summed E-state index contributed by atoms with van der Waals surface area (Å²) in [6, 6.07) is 6.07. The lowest BCUT2D eigenvalue weighted by Gasteiger charge is -2.12. The number of hydrogen-bond donors (Lipinski definition) is 3. The summed E-state index contributed by atoms with van der Waals surface area (Å²) in [5.41, 5.74) is 2.57. The van der Waals surface area contributed by atoms with E-state index >= 15 is 0 Å². The first-order valence-corrected chi connectivity index (χ1v) is 6.43. The lowest BCUT2D eigenvalue weighted by Crippen LogP contribution is -2.26. The first-order valence-electron chi connectivity index (χ1n) is 6.43. The third-order valence-corrected chi connectivity index (χ3v) is 3.34. The van der Waals surface area contributed by atoms with Crippen LogP contribution in [0.3, 0.4) is 0 Å². The van der Waals surface area contributed by atoms with Gasteiger partial charge in [0.05, 0.1) is 0 Å². The van der Waals surface area contributed by atoms with Crippen molar-refractivity contribution in [3.63, 3.8) is 0 Å². The average Bonchev–Trinajstić information content (AvgIpc) is 2.95. The van der Waals surface area contributed by atoms with E-state index in [2.05, 4.69) is 20.6 Å². The molecule has 5 nitrogen and oxygen atoms in total. The maximum Gasteiger partial charge on any atom is 0.271 e. The molecule has 0 aromatic carbocycles. The molecule has 98 valence electrons. The molecule has 0 bridgehead atoms. The maximum atomic E-state index is 11.8. The van der Waals surface area contributed by atoms with Gasteiger partial charge in [-0.1, -0.05) is 0 Å². The van der Waals surface area contributed by atoms with Crippen molar-refractivity contribution in [3.8, 4) is 11.1 Å². The van der Waals surface area contributed by atoms with Crippen molar-refractivity contribution in [2.45, 2.75) is 12.5 Å². The van der Waals surface area contributed by atoms with E-state index in [-0.39, 0.29) is 5.56 Å². The maximum absolute atomic E-state index is 11.8. The van der Waals surface area contributed by atoms with Crippen LogP contribution in [0.25, 0.3) is 11.1 Å². The Bertz CT molecular complexity index is 602. The lowest BCUT2D eigenvalue weighted by atomic mass is 10.1. The van der Waals surface area contributed by atoms with Crippen molar-refractivity contribution in [3.05, 3.63) is 47.1 Å². The van der Waals surface area contributed by atoms with Crippen LogP contribution in [0.5, 0.6) is 0 Å². The molecule has 1 aliphatic heterocycles. The quantitative estimate of drug-likeness (QED) is 0.772. The van der Waals surface area contributed by atoms with E-state index in [4.69, 9.17) is 0 Å². The smallest absolute Gasteiger partial charge is 0.271 e. The summed E-state index contributed by atoms with van der Waals surface area (Å²) < 4.78 is 0. The van der Waals surface area contributed by atoms with E-state index in [1.165, 1.54) is 0 Å². The highest BCUT2D eigenvalue weighted by Gasteiger charge is 2.15. The minimum Gasteiger partial charge on any atom is -0.377 e. The van der Waals surface area contributed by atoms with Crippen molar-refractivity contribution in [2.24, 2.45) is 0 Å². The molecule has 0 amide bonds. The number of rotatable bonds is 3. The van der Waals surface area contributed by atoms with Crippen LogP contribution in [0.1, 0.15) is 6.42 Å². The molecule has 1 saturated heterocycles. The number of hydrogen-bond acceptors (Lipinski definition) is 4. The fourth-order valence-electron chi connectivity index (χ4n) is 2.30. The Balaban J connectivity index is 1.89. The highest BCUT2D eigenvalue weighted by atomic mass is 16.1. The summed E-state index contributed by atoms with van der Waals surface area (Å²) >= 11 is 0. The number of nitrogens with zero attached hydrogens (tertiary/aromatic N) is 1. The summed E-state index contributed by atoms with van der Waals surface area (Å²) in [7, 11) is 0. The van der Waals surface area contributed by atoms with Crippen LogP contribution in [-0.4, -0.2) is 29.1 Å². The zero-order valence-electron chi connectivity index (χ0n) is 10.5. The Hall–Kier alpha value is -2.14. The van der Waals surface area contributed by atoms with Crippen LogP contribution in [0, 0.1) is 0 Å². The normalized spacial score (nSPS) is 18.4. The minimum atomic E-state index is -0.0790. The van der Waals surface area contributed by atoms with Crippen LogP contribution in [0.4, 0.5) is 5.69 Å². The van der Waals surface area contributed by atoms with Gasteiger partial charge in [-0.3, -0.25) is 9.78 Å². The van der Waals surface area contributed by atoms with Gasteiger partial charge in [0.2, 0.25) is 0 Å². The molecule has 1 unspecified atom stereocenters. The molecule has 19 heavy (non-hydrogen) atoms. The van der Waals surface area contributed by atoms with E-state index in [1.54, 1.807) is 18.6 Å². The molecule has 0 aliphatic carbocycles. The van der Waals surface area contributed by atoms with Crippen LogP contribution < -0.4 is 16.2 Å². The monoisotopic (exact) mass is 256 g/mol. The molecule has 0 spiro atoms. The molecule has 1 atom stereocenters. The molecule has 3 rings (SSSR count). The van der Waals surface area contributed by atoms with Gasteiger partial charge >= 0.3 is 0 Å². The average molecular weight is 256 g/mol. The predicted molar refractivity (Wildman–Crippen MR) is 75.2 cm³/mol. The predicted octanol–water partition coefficient (Wildman–Crippen LogP) is 1.21. The molecule has 5 heteroatoms. The summed E-state index contributed by atoms with van der Waals surface area (Å²) in [5.74, 6) is 0. The first-order chi connectivity index (χ1) is 9.33. The van der Waals surface area contributed by atoms with Gasteiger partial charge in [-0.05, 0) is 36.7 Å². The van der Waals surface area contributed by atoms with E-state index < -0.39 is 0 Å². The number of pyridine rings is 2. The van der Waals surface area contributed by atoms with E-state index in [0.29, 0.717) is 11.7 Å². The Kier molecular flexibility index (Phi) is 3.29. The Morgan fingerprint density at radius 3 is 2.84 bits per heavy atom. The largest absolute Gasteiger partial charge is 0.377 e. The van der Waals surface area contributed by atoms with Crippen LogP contribution in [-0.2, 0) is 0 Å². The molecule has 0 radical (unpaired) electrons. The molecule has 1 fully saturated rings. The van der Waals surface area contributed by atoms with Crippen molar-refractivity contribution in [1.82, 2.24) is 15.3 Å². The molecule has 3 heterocycles. The third-order valence-electron chi connectivity index (χ3n) is 3.34. The zero-order valence-corrected chi connectivity index (χ0v) is 10.5. The second kappa shape index (κ2) is 5.24. The standard InChI is InChI=1S/C14H16N4O/c19-14-13(18-12-3-6-16-9-12)7-11(8-17-14)10-1-4-15-5-2-10/h1-2,4-5,7-8,12,16,18H,3,6,9H2,(H,17,19). The van der Waals surface area contributed by atoms with E-state index in [0.717, 1.165) is 30.6 Å². The molecule has 0 saturated carbocycles. The van der Waals surface area contributed by atoms with Crippen molar-refractivity contribution in [2.75, 3.05) is 18.4 Å². The molecular weight excluding hydrogens is 240 g/mol. The second-order valence-corrected chi connectivity index (χ2v) is 4.70. The fraction of sp³-hybridized carbons (Fsp3) is 0.286. The van der Waals surface area contributed by atoms with Gasteiger partial charge < -0.3 is 15.6 Å². The van der Waals surface area contributed by atoms with Gasteiger partial charge in [-0.2, -0.15) is 0 Å². The molecule has 1 aliphatic rings. The highest BCUT2D eigenvalue weighted by molar-refractivity contribution is 5.66. The van der Waals surface area contributed by atoms with E-state index in [9.17, 15) is 4.79 Å². The SMILES string of the molecule is O=c1[nH]cc(-c2ccncc2)cc1NC1CCNC1. The second-order valence-electron chi connectivity index (χ2n) is 4.70. The van der Waals surface area contributed by atoms with Crippen molar-refractivity contribution in [1.29, 1.82) is 0 Å². The van der Waals surface area contributed by atoms with Gasteiger partial charge in [0.25, 0.3) is 5.56 Å². The van der Waals surface area contributed by atoms with Crippen molar-refractivity contribution < 1.29 is 0 Å². The Morgan fingerprint density at radius 1 is 1.26 bits per heavy atom. The third kappa shape index (κ3) is 2.66. The number of nitrogens with one attached hydrogen (secondary N) is 3. The summed E-state index contributed by atoms with van der Waals surface area (Å²) in [4.78, 5) is 18.6. The molecule has 2 aromatic heterocycles. The van der Waals surface area contributed by atoms with Gasteiger partial charge in [0.1, 0.15) is 5.69 Å². The number of anilines is 1. The fourth-order valence-corrected chi connectivity index (χ4v) is 2.30. The summed E-state index contributed by atoms with van der Waals surface area (Å²) in [5, 5.41) is 6.57. The van der Waals surface area contributed by atoms with Gasteiger partial charge in [0.15, 0.2) is 0 Å². The number of aromatic amines is 1. The van der Waals surface area contributed by atoms with E-state index in [1.807, 2.05) is 18.2 Å². The number of aromatic nitrogens is 2. The van der Waals surface area contributed by atoms with Gasteiger partial charge in [0, 0.05) is 36.7 Å². The van der Waals surface area contributed by atoms with Crippen molar-refractivity contribution >= 4 is 5.69 Å². The molecule has 2 aromatic rings. The summed E-state index contributed by atoms with van der Waals surface area (Å²) in [6.07, 6.45) is 6.26. The first kappa shape index (κ1) is 11.9. The highest BCUT2D eigenvalue weighted by Crippen LogP contribution is 2.19. The molecule has 3 N–H and O–H groups in total. The minimum absolute atomic E-state index is 0.0790. The van der Waals surface area contributed by atoms with Crippen LogP contribution in [0.2, 0.25) is 0 Å². The summed E-state index contributed by atoms with van der Waals surface area (Å²) in [6.45, 7) is 1.90. The van der Waals surface area contributed by atoms with Gasteiger partial charge in [-0.25, -0.2) is 0 Å². The van der Waals surface area contributed by atoms with Gasteiger partial charge in [-0.15, -0.1) is 0 Å². The Morgan fingerprint density at radius 2 is 2.11 bits per heavy atom. The molecular formula is C14H16N4O. The van der Waals surface area contributed by atoms with Crippen LogP contribution in [0.15, 0.2) is 41.6 Å². The lowest BCUT2D eigenvalue weighted by molar-refractivity contribution is 0.791.